The van der Waals surface area contributed by atoms with Crippen LogP contribution in [-0.4, -0.2) is 12.1 Å². The van der Waals surface area contributed by atoms with E-state index in [1.54, 1.807) is 0 Å². The van der Waals surface area contributed by atoms with Gasteiger partial charge in [0.25, 0.3) is 0 Å². The summed E-state index contributed by atoms with van der Waals surface area (Å²) in [5.74, 6) is -0.123. The van der Waals surface area contributed by atoms with E-state index in [-0.39, 0.29) is 12.1 Å². The second kappa shape index (κ2) is 7.09. The number of fused-ring (bicyclic) bond motifs is 1. The summed E-state index contributed by atoms with van der Waals surface area (Å²) in [4.78, 5) is 12.1. The zero-order valence-corrected chi connectivity index (χ0v) is 12.3. The molecule has 0 radical (unpaired) electrons. The van der Waals surface area contributed by atoms with Gasteiger partial charge in [0.05, 0.1) is 6.42 Å². The maximum atomic E-state index is 12.1. The number of carbonyl (C=O) groups is 1. The highest BCUT2D eigenvalue weighted by Gasteiger charge is 2.13. The van der Waals surface area contributed by atoms with Gasteiger partial charge in [0.2, 0.25) is 0 Å². The van der Waals surface area contributed by atoms with Crippen molar-refractivity contribution in [3.8, 4) is 0 Å². The molecule has 2 rings (SSSR count). The lowest BCUT2D eigenvalue weighted by atomic mass is 10.0. The molecule has 1 atom stereocenters. The van der Waals surface area contributed by atoms with E-state index in [1.807, 2.05) is 24.3 Å². The molecule has 0 saturated carbocycles. The minimum Gasteiger partial charge on any atom is -0.462 e. The summed E-state index contributed by atoms with van der Waals surface area (Å²) in [6.45, 7) is 4.17. The van der Waals surface area contributed by atoms with Crippen LogP contribution in [0.4, 0.5) is 0 Å². The van der Waals surface area contributed by atoms with Crippen molar-refractivity contribution in [3.63, 3.8) is 0 Å². The first-order valence-electron chi connectivity index (χ1n) is 7.40. The fourth-order valence-electron chi connectivity index (χ4n) is 2.50. The Morgan fingerprint density at radius 3 is 2.60 bits per heavy atom. The van der Waals surface area contributed by atoms with E-state index >= 15 is 0 Å². The van der Waals surface area contributed by atoms with Gasteiger partial charge in [-0.05, 0) is 29.2 Å². The van der Waals surface area contributed by atoms with Gasteiger partial charge in [-0.3, -0.25) is 4.79 Å². The van der Waals surface area contributed by atoms with E-state index in [4.69, 9.17) is 4.74 Å². The van der Waals surface area contributed by atoms with Crippen LogP contribution in [0.15, 0.2) is 42.5 Å². The van der Waals surface area contributed by atoms with Crippen molar-refractivity contribution >= 4 is 16.7 Å². The van der Waals surface area contributed by atoms with Crippen LogP contribution >= 0.6 is 0 Å². The summed E-state index contributed by atoms with van der Waals surface area (Å²) >= 11 is 0. The number of esters is 1. The number of ether oxygens (including phenoxy) is 1. The van der Waals surface area contributed by atoms with E-state index in [9.17, 15) is 4.79 Å². The molecule has 0 saturated heterocycles. The Hall–Kier alpha value is -1.83. The first-order chi connectivity index (χ1) is 9.74. The van der Waals surface area contributed by atoms with Gasteiger partial charge in [-0.2, -0.15) is 0 Å². The third-order valence-corrected chi connectivity index (χ3v) is 3.58. The molecule has 0 heterocycles. The van der Waals surface area contributed by atoms with Crippen LogP contribution in [0.5, 0.6) is 0 Å². The fourth-order valence-corrected chi connectivity index (χ4v) is 2.50. The first kappa shape index (κ1) is 14.6. The van der Waals surface area contributed by atoms with Gasteiger partial charge in [-0.25, -0.2) is 0 Å². The largest absolute Gasteiger partial charge is 0.462 e. The van der Waals surface area contributed by atoms with Gasteiger partial charge in [0, 0.05) is 0 Å². The summed E-state index contributed by atoms with van der Waals surface area (Å²) in [7, 11) is 0. The predicted octanol–water partition coefficient (Wildman–Crippen LogP) is 4.50. The fraction of sp³-hybridized carbons (Fsp3) is 0.389. The average Bonchev–Trinajstić information content (AvgIpc) is 2.47. The van der Waals surface area contributed by atoms with Crippen LogP contribution in [0.25, 0.3) is 10.8 Å². The summed E-state index contributed by atoms with van der Waals surface area (Å²) < 4.78 is 5.55. The number of carbonyl (C=O) groups excluding carboxylic acids is 1. The Morgan fingerprint density at radius 2 is 1.85 bits per heavy atom. The predicted molar refractivity (Wildman–Crippen MR) is 82.7 cm³/mol. The molecule has 1 unspecified atom stereocenters. The normalized spacial score (nSPS) is 12.3. The SMILES string of the molecule is CCCC(CC)OC(=O)Cc1cccc2ccccc12. The van der Waals surface area contributed by atoms with Crippen LogP contribution in [0.2, 0.25) is 0 Å². The second-order valence-corrected chi connectivity index (χ2v) is 5.12. The Bertz CT molecular complexity index is 569. The van der Waals surface area contributed by atoms with Crippen molar-refractivity contribution in [2.75, 3.05) is 0 Å². The van der Waals surface area contributed by atoms with Gasteiger partial charge < -0.3 is 4.74 Å². The number of rotatable bonds is 6. The maximum Gasteiger partial charge on any atom is 0.310 e. The van der Waals surface area contributed by atoms with Crippen LogP contribution < -0.4 is 0 Å². The van der Waals surface area contributed by atoms with Gasteiger partial charge in [0.15, 0.2) is 0 Å². The molecule has 0 N–H and O–H groups in total. The van der Waals surface area contributed by atoms with Crippen LogP contribution in [-0.2, 0) is 16.0 Å². The molecule has 0 aliphatic heterocycles. The monoisotopic (exact) mass is 270 g/mol. The molecule has 0 spiro atoms. The minimum atomic E-state index is -0.123. The lowest BCUT2D eigenvalue weighted by Gasteiger charge is -2.15. The topological polar surface area (TPSA) is 26.3 Å². The molecule has 2 aromatic rings. The highest BCUT2D eigenvalue weighted by molar-refractivity contribution is 5.88. The molecule has 106 valence electrons. The van der Waals surface area contributed by atoms with Crippen molar-refractivity contribution in [3.05, 3.63) is 48.0 Å². The highest BCUT2D eigenvalue weighted by atomic mass is 16.5. The molecule has 0 fully saturated rings. The summed E-state index contributed by atoms with van der Waals surface area (Å²) in [6.07, 6.45) is 3.27. The van der Waals surface area contributed by atoms with E-state index in [2.05, 4.69) is 32.0 Å². The van der Waals surface area contributed by atoms with Gasteiger partial charge >= 0.3 is 5.97 Å². The van der Waals surface area contributed by atoms with Crippen molar-refractivity contribution in [2.24, 2.45) is 0 Å². The Labute approximate surface area is 120 Å². The van der Waals surface area contributed by atoms with Gasteiger partial charge in [0.1, 0.15) is 6.10 Å². The third-order valence-electron chi connectivity index (χ3n) is 3.58. The zero-order chi connectivity index (χ0) is 14.4. The third kappa shape index (κ3) is 3.60. The Morgan fingerprint density at radius 1 is 1.10 bits per heavy atom. The molecule has 0 aliphatic carbocycles. The summed E-state index contributed by atoms with van der Waals surface area (Å²) in [6, 6.07) is 14.2. The van der Waals surface area contributed by atoms with Crippen LogP contribution in [0, 0.1) is 0 Å². The van der Waals surface area contributed by atoms with Gasteiger partial charge in [-0.1, -0.05) is 62.7 Å². The molecular formula is C18H22O2. The van der Waals surface area contributed by atoms with E-state index in [1.165, 1.54) is 5.39 Å². The Balaban J connectivity index is 2.10. The molecule has 2 nitrogen and oxygen atoms in total. The molecule has 2 heteroatoms. The molecule has 0 amide bonds. The van der Waals surface area contributed by atoms with E-state index in [0.29, 0.717) is 6.42 Å². The zero-order valence-electron chi connectivity index (χ0n) is 12.3. The van der Waals surface area contributed by atoms with Crippen molar-refractivity contribution in [1.29, 1.82) is 0 Å². The number of benzene rings is 2. The quantitative estimate of drug-likeness (QED) is 0.722. The van der Waals surface area contributed by atoms with Gasteiger partial charge in [-0.15, -0.1) is 0 Å². The smallest absolute Gasteiger partial charge is 0.310 e. The standard InChI is InChI=1S/C18H22O2/c1-3-8-16(4-2)20-18(19)13-15-11-7-10-14-9-5-6-12-17(14)15/h5-7,9-12,16H,3-4,8,13H2,1-2H3. The van der Waals surface area contributed by atoms with Crippen molar-refractivity contribution in [2.45, 2.75) is 45.6 Å². The molecule has 0 aliphatic rings. The minimum absolute atomic E-state index is 0.0578. The lowest BCUT2D eigenvalue weighted by Crippen LogP contribution is -2.18. The number of hydrogen-bond donors (Lipinski definition) is 0. The summed E-state index contributed by atoms with van der Waals surface area (Å²) in [5.41, 5.74) is 1.04. The molecule has 0 bridgehead atoms. The summed E-state index contributed by atoms with van der Waals surface area (Å²) in [5, 5.41) is 2.30. The molecular weight excluding hydrogens is 248 g/mol. The molecule has 2 aromatic carbocycles. The van der Waals surface area contributed by atoms with Crippen LogP contribution in [0.1, 0.15) is 38.7 Å². The first-order valence-corrected chi connectivity index (χ1v) is 7.40. The lowest BCUT2D eigenvalue weighted by molar-refractivity contribution is -0.148. The Kier molecular flexibility index (Phi) is 5.16. The van der Waals surface area contributed by atoms with E-state index in [0.717, 1.165) is 30.2 Å². The second-order valence-electron chi connectivity index (χ2n) is 5.12. The molecule has 0 aromatic heterocycles. The van der Waals surface area contributed by atoms with Crippen LogP contribution in [0.3, 0.4) is 0 Å². The molecule has 20 heavy (non-hydrogen) atoms. The number of hydrogen-bond acceptors (Lipinski definition) is 2. The van der Waals surface area contributed by atoms with Crippen molar-refractivity contribution < 1.29 is 9.53 Å². The highest BCUT2D eigenvalue weighted by Crippen LogP contribution is 2.19. The van der Waals surface area contributed by atoms with E-state index < -0.39 is 0 Å². The average molecular weight is 270 g/mol. The van der Waals surface area contributed by atoms with Crippen molar-refractivity contribution in [1.82, 2.24) is 0 Å². The maximum absolute atomic E-state index is 12.1.